The van der Waals surface area contributed by atoms with Crippen LogP contribution in [-0.2, 0) is 4.74 Å². The Morgan fingerprint density at radius 1 is 1.35 bits per heavy atom. The molecular formula is C12H23N3O2. The lowest BCUT2D eigenvalue weighted by molar-refractivity contribution is -0.0105. The van der Waals surface area contributed by atoms with E-state index in [0.717, 1.165) is 39.1 Å². The maximum Gasteiger partial charge on any atom is 0.143 e. The van der Waals surface area contributed by atoms with Gasteiger partial charge >= 0.3 is 0 Å². The summed E-state index contributed by atoms with van der Waals surface area (Å²) in [6.07, 6.45) is 6.18. The maximum absolute atomic E-state index is 8.71. The molecular weight excluding hydrogens is 218 g/mol. The summed E-state index contributed by atoms with van der Waals surface area (Å²) in [6, 6.07) is 0. The summed E-state index contributed by atoms with van der Waals surface area (Å²) in [5.41, 5.74) is 5.69. The van der Waals surface area contributed by atoms with Gasteiger partial charge in [-0.3, -0.25) is 0 Å². The monoisotopic (exact) mass is 241 g/mol. The molecule has 2 unspecified atom stereocenters. The van der Waals surface area contributed by atoms with Crippen LogP contribution in [0.15, 0.2) is 5.16 Å². The molecule has 17 heavy (non-hydrogen) atoms. The van der Waals surface area contributed by atoms with Gasteiger partial charge in [-0.1, -0.05) is 5.16 Å². The minimum atomic E-state index is 0.206. The average molecular weight is 241 g/mol. The zero-order valence-electron chi connectivity index (χ0n) is 10.3. The highest BCUT2D eigenvalue weighted by molar-refractivity contribution is 5.82. The SMILES string of the molecule is NC(=NO)C1CCCN(CC2CCCCO2)C1. The number of oxime groups is 1. The first-order valence-electron chi connectivity index (χ1n) is 6.61. The number of nitrogens with two attached hydrogens (primary N) is 1. The standard InChI is InChI=1S/C12H23N3O2/c13-12(14-16)10-4-3-6-15(8-10)9-11-5-1-2-7-17-11/h10-11,16H,1-9H2,(H2,13,14). The van der Waals surface area contributed by atoms with Crippen LogP contribution in [0.2, 0.25) is 0 Å². The van der Waals surface area contributed by atoms with E-state index in [0.29, 0.717) is 11.9 Å². The molecule has 2 aliphatic rings. The lowest BCUT2D eigenvalue weighted by atomic mass is 9.96. The number of ether oxygens (including phenoxy) is 1. The van der Waals surface area contributed by atoms with Crippen LogP contribution < -0.4 is 5.73 Å². The van der Waals surface area contributed by atoms with Crippen LogP contribution in [-0.4, -0.2) is 48.3 Å². The third kappa shape index (κ3) is 3.57. The van der Waals surface area contributed by atoms with E-state index in [1.807, 2.05) is 0 Å². The van der Waals surface area contributed by atoms with Gasteiger partial charge in [0.25, 0.3) is 0 Å². The van der Waals surface area contributed by atoms with Crippen molar-refractivity contribution in [3.8, 4) is 0 Å². The van der Waals surface area contributed by atoms with E-state index in [9.17, 15) is 0 Å². The molecule has 0 amide bonds. The Labute approximate surface area is 103 Å². The highest BCUT2D eigenvalue weighted by Gasteiger charge is 2.25. The fourth-order valence-electron chi connectivity index (χ4n) is 2.78. The number of hydrogen-bond acceptors (Lipinski definition) is 4. The first kappa shape index (κ1) is 12.6. The first-order valence-corrected chi connectivity index (χ1v) is 6.61. The number of piperidine rings is 1. The number of hydrogen-bond donors (Lipinski definition) is 2. The molecule has 2 saturated heterocycles. The molecule has 0 aliphatic carbocycles. The van der Waals surface area contributed by atoms with Crippen LogP contribution in [0, 0.1) is 5.92 Å². The van der Waals surface area contributed by atoms with Crippen molar-refractivity contribution >= 4 is 5.84 Å². The molecule has 2 fully saturated rings. The van der Waals surface area contributed by atoms with Crippen molar-refractivity contribution in [2.45, 2.75) is 38.2 Å². The summed E-state index contributed by atoms with van der Waals surface area (Å²) in [6.45, 7) is 3.90. The summed E-state index contributed by atoms with van der Waals surface area (Å²) in [7, 11) is 0. The number of rotatable bonds is 3. The van der Waals surface area contributed by atoms with Crippen LogP contribution >= 0.6 is 0 Å². The number of amidine groups is 1. The van der Waals surface area contributed by atoms with Gasteiger partial charge in [-0.15, -0.1) is 0 Å². The Morgan fingerprint density at radius 3 is 2.94 bits per heavy atom. The second-order valence-electron chi connectivity index (χ2n) is 5.11. The predicted molar refractivity (Wildman–Crippen MR) is 66.2 cm³/mol. The van der Waals surface area contributed by atoms with E-state index >= 15 is 0 Å². The van der Waals surface area contributed by atoms with Crippen LogP contribution in [0.4, 0.5) is 0 Å². The summed E-state index contributed by atoms with van der Waals surface area (Å²) in [5, 5.41) is 11.8. The average Bonchev–Trinajstić information content (AvgIpc) is 2.39. The molecule has 3 N–H and O–H groups in total. The van der Waals surface area contributed by atoms with Gasteiger partial charge in [-0.25, -0.2) is 0 Å². The van der Waals surface area contributed by atoms with E-state index in [4.69, 9.17) is 15.7 Å². The van der Waals surface area contributed by atoms with Crippen molar-refractivity contribution in [3.63, 3.8) is 0 Å². The molecule has 0 aromatic carbocycles. The predicted octanol–water partition coefficient (Wildman–Crippen LogP) is 1.01. The van der Waals surface area contributed by atoms with Crippen molar-refractivity contribution in [1.82, 2.24) is 4.90 Å². The van der Waals surface area contributed by atoms with Crippen molar-refractivity contribution < 1.29 is 9.94 Å². The Kier molecular flexibility index (Phi) is 4.62. The Bertz CT molecular complexity index is 264. The maximum atomic E-state index is 8.71. The summed E-state index contributed by atoms with van der Waals surface area (Å²) < 4.78 is 5.75. The highest BCUT2D eigenvalue weighted by atomic mass is 16.5. The second kappa shape index (κ2) is 6.21. The lowest BCUT2D eigenvalue weighted by Gasteiger charge is -2.35. The molecule has 5 nitrogen and oxygen atoms in total. The topological polar surface area (TPSA) is 71.1 Å². The molecule has 0 saturated carbocycles. The van der Waals surface area contributed by atoms with Gasteiger partial charge in [0.2, 0.25) is 0 Å². The largest absolute Gasteiger partial charge is 0.409 e. The molecule has 2 rings (SSSR count). The van der Waals surface area contributed by atoms with Crippen molar-refractivity contribution in [3.05, 3.63) is 0 Å². The molecule has 0 aromatic rings. The van der Waals surface area contributed by atoms with Crippen LogP contribution in [0.1, 0.15) is 32.1 Å². The second-order valence-corrected chi connectivity index (χ2v) is 5.11. The van der Waals surface area contributed by atoms with Gasteiger partial charge in [0.05, 0.1) is 6.10 Å². The molecule has 0 spiro atoms. The van der Waals surface area contributed by atoms with Gasteiger partial charge in [0.1, 0.15) is 5.84 Å². The number of likely N-dealkylation sites (tertiary alicyclic amines) is 1. The summed E-state index contributed by atoms with van der Waals surface area (Å²) >= 11 is 0. The molecule has 5 heteroatoms. The quantitative estimate of drug-likeness (QED) is 0.335. The third-order valence-corrected chi connectivity index (χ3v) is 3.78. The third-order valence-electron chi connectivity index (χ3n) is 3.78. The zero-order valence-corrected chi connectivity index (χ0v) is 10.3. The fraction of sp³-hybridized carbons (Fsp3) is 0.917. The van der Waals surface area contributed by atoms with Gasteiger partial charge < -0.3 is 20.6 Å². The minimum Gasteiger partial charge on any atom is -0.409 e. The summed E-state index contributed by atoms with van der Waals surface area (Å²) in [5.74, 6) is 0.580. The van der Waals surface area contributed by atoms with E-state index < -0.39 is 0 Å². The van der Waals surface area contributed by atoms with E-state index in [1.165, 1.54) is 19.3 Å². The Hall–Kier alpha value is -0.810. The van der Waals surface area contributed by atoms with E-state index in [-0.39, 0.29) is 5.92 Å². The van der Waals surface area contributed by atoms with E-state index in [2.05, 4.69) is 10.1 Å². The van der Waals surface area contributed by atoms with Gasteiger partial charge in [0.15, 0.2) is 0 Å². The van der Waals surface area contributed by atoms with Crippen LogP contribution in [0.5, 0.6) is 0 Å². The molecule has 0 radical (unpaired) electrons. The Morgan fingerprint density at radius 2 is 2.24 bits per heavy atom. The highest BCUT2D eigenvalue weighted by Crippen LogP contribution is 2.20. The molecule has 2 heterocycles. The number of nitrogens with zero attached hydrogens (tertiary/aromatic N) is 2. The molecule has 2 atom stereocenters. The Balaban J connectivity index is 1.80. The summed E-state index contributed by atoms with van der Waals surface area (Å²) in [4.78, 5) is 2.39. The van der Waals surface area contributed by atoms with Crippen molar-refractivity contribution in [2.75, 3.05) is 26.2 Å². The van der Waals surface area contributed by atoms with Crippen molar-refractivity contribution in [1.29, 1.82) is 0 Å². The fourth-order valence-corrected chi connectivity index (χ4v) is 2.78. The first-order chi connectivity index (χ1) is 8.29. The van der Waals surface area contributed by atoms with Crippen LogP contribution in [0.3, 0.4) is 0 Å². The normalized spacial score (nSPS) is 32.6. The smallest absolute Gasteiger partial charge is 0.143 e. The molecule has 2 aliphatic heterocycles. The zero-order chi connectivity index (χ0) is 12.1. The lowest BCUT2D eigenvalue weighted by Crippen LogP contribution is -2.45. The van der Waals surface area contributed by atoms with Crippen molar-refractivity contribution in [2.24, 2.45) is 16.8 Å². The van der Waals surface area contributed by atoms with Gasteiger partial charge in [-0.05, 0) is 38.6 Å². The minimum absolute atomic E-state index is 0.206. The van der Waals surface area contributed by atoms with Crippen LogP contribution in [0.25, 0.3) is 0 Å². The molecule has 0 bridgehead atoms. The van der Waals surface area contributed by atoms with E-state index in [1.54, 1.807) is 0 Å². The van der Waals surface area contributed by atoms with Gasteiger partial charge in [0, 0.05) is 25.6 Å². The van der Waals surface area contributed by atoms with Gasteiger partial charge in [-0.2, -0.15) is 0 Å². The molecule has 98 valence electrons. The molecule has 0 aromatic heterocycles.